The molecule has 1 fully saturated rings. The monoisotopic (exact) mass is 432 g/mol. The Labute approximate surface area is 140 Å². The van der Waals surface area contributed by atoms with Crippen molar-refractivity contribution in [1.29, 1.82) is 0 Å². The molecule has 2 unspecified atom stereocenters. The summed E-state index contributed by atoms with van der Waals surface area (Å²) in [5, 5.41) is 1.57. The molecule has 0 aromatic carbocycles. The van der Waals surface area contributed by atoms with Crippen LogP contribution in [0.3, 0.4) is 0 Å². The molecule has 0 spiro atoms. The van der Waals surface area contributed by atoms with Gasteiger partial charge in [0.1, 0.15) is 0 Å². The first kappa shape index (κ1) is 20.4. The predicted octanol–water partition coefficient (Wildman–Crippen LogP) is 7.68. The molecule has 2 atom stereocenters. The first-order chi connectivity index (χ1) is 8.49. The van der Waals surface area contributed by atoms with E-state index >= 15 is 0 Å². The average Bonchev–Trinajstić information content (AvgIpc) is 1.86. The first-order valence-electron chi connectivity index (χ1n) is 7.38. The molecule has 0 nitrogen and oxygen atoms in total. The molecule has 1 saturated heterocycles. The van der Waals surface area contributed by atoms with Crippen LogP contribution in [0.5, 0.6) is 0 Å². The van der Waals surface area contributed by atoms with Crippen LogP contribution >= 0.6 is 30.7 Å². The predicted molar refractivity (Wildman–Crippen MR) is 109 cm³/mol. The normalized spacial score (nSPS) is 33.0. The van der Waals surface area contributed by atoms with Gasteiger partial charge in [-0.1, -0.05) is 0 Å². The van der Waals surface area contributed by atoms with Crippen LogP contribution in [0.25, 0.3) is 0 Å². The number of hydrogen-bond acceptors (Lipinski definition) is 0. The Balaban J connectivity index is 3.33. The van der Waals surface area contributed by atoms with E-state index < -0.39 is 18.9 Å². The molecule has 1 aliphatic rings. The van der Waals surface area contributed by atoms with E-state index in [0.717, 1.165) is 0 Å². The number of rotatable bonds is 1. The molecular formula is C14H33AsClP3Si. The number of halogens is 1. The molecule has 0 aliphatic carbocycles. The Kier molecular flexibility index (Phi) is 6.13. The summed E-state index contributed by atoms with van der Waals surface area (Å²) in [4.78, 5) is 0. The molecule has 1 aliphatic heterocycles. The van der Waals surface area contributed by atoms with E-state index in [-0.39, 0.29) is 19.6 Å². The van der Waals surface area contributed by atoms with Crippen LogP contribution in [-0.2, 0) is 0 Å². The van der Waals surface area contributed by atoms with E-state index in [1.807, 2.05) is 0 Å². The second-order valence-electron chi connectivity index (χ2n) is 9.08. The minimum absolute atomic E-state index is 0.199. The first-order valence-corrected chi connectivity index (χ1v) is 24.5. The van der Waals surface area contributed by atoms with E-state index in [4.69, 9.17) is 11.1 Å². The molecular weight excluding hydrogens is 400 g/mol. The molecule has 0 saturated carbocycles. The standard InChI is InChI=1S/C14H33AsClP3Si/c1-12(2,3)17-15(20(10,11)16)18(13(4,5)6)19(17)14(7,8)9/h1-11H3. The van der Waals surface area contributed by atoms with Gasteiger partial charge in [-0.05, 0) is 0 Å². The van der Waals surface area contributed by atoms with Gasteiger partial charge in [-0.15, -0.1) is 0 Å². The Morgan fingerprint density at radius 2 is 1.00 bits per heavy atom. The SMILES string of the molecule is CC(C)(C)P1P(C(C)(C)C)[As]([Si](C)(C)Cl)P1C(C)(C)C. The zero-order valence-electron chi connectivity index (χ0n) is 15.2. The minimum atomic E-state index is -1.45. The Hall–Kier alpha value is 2.36. The Morgan fingerprint density at radius 1 is 0.700 bits per heavy atom. The van der Waals surface area contributed by atoms with E-state index in [2.05, 4.69) is 75.4 Å². The van der Waals surface area contributed by atoms with Crippen molar-refractivity contribution in [2.75, 3.05) is 0 Å². The molecule has 0 bridgehead atoms. The van der Waals surface area contributed by atoms with Crippen LogP contribution in [0.15, 0.2) is 0 Å². The van der Waals surface area contributed by atoms with Gasteiger partial charge < -0.3 is 0 Å². The molecule has 1 heterocycles. The summed E-state index contributed by atoms with van der Waals surface area (Å²) in [6, 6.07) is 0. The van der Waals surface area contributed by atoms with Gasteiger partial charge in [0.05, 0.1) is 0 Å². The van der Waals surface area contributed by atoms with E-state index in [1.54, 1.807) is 0 Å². The maximum absolute atomic E-state index is 7.10. The van der Waals surface area contributed by atoms with Crippen molar-refractivity contribution in [1.82, 2.24) is 0 Å². The van der Waals surface area contributed by atoms with Crippen molar-refractivity contribution in [2.45, 2.75) is 90.9 Å². The molecule has 120 valence electrons. The fourth-order valence-corrected chi connectivity index (χ4v) is 153. The van der Waals surface area contributed by atoms with Crippen molar-refractivity contribution < 1.29 is 0 Å². The molecule has 0 N–H and O–H groups in total. The summed E-state index contributed by atoms with van der Waals surface area (Å²) >= 11 is 6.25. The van der Waals surface area contributed by atoms with Crippen LogP contribution in [0.2, 0.25) is 13.1 Å². The maximum atomic E-state index is 7.10. The van der Waals surface area contributed by atoms with Gasteiger partial charge in [0.15, 0.2) is 0 Å². The van der Waals surface area contributed by atoms with E-state index in [1.165, 1.54) is 0 Å². The third-order valence-corrected chi connectivity index (χ3v) is 101. The Morgan fingerprint density at radius 3 is 1.15 bits per heavy atom. The van der Waals surface area contributed by atoms with E-state index in [0.29, 0.717) is 15.5 Å². The summed E-state index contributed by atoms with van der Waals surface area (Å²) in [6.45, 7) is 27.5. The molecule has 0 amide bonds. The second-order valence-corrected chi connectivity index (χ2v) is 57.4. The zero-order valence-corrected chi connectivity index (χ0v) is 21.5. The molecule has 0 radical (unpaired) electrons. The van der Waals surface area contributed by atoms with Crippen LogP contribution in [0, 0.1) is 0 Å². The molecule has 0 aromatic rings. The third-order valence-electron chi connectivity index (χ3n) is 2.99. The Bertz CT molecular complexity index is 283. The van der Waals surface area contributed by atoms with Gasteiger partial charge in [0.25, 0.3) is 0 Å². The van der Waals surface area contributed by atoms with Crippen molar-refractivity contribution in [3.8, 4) is 0 Å². The average molecular weight is 433 g/mol. The van der Waals surface area contributed by atoms with E-state index in [9.17, 15) is 0 Å². The van der Waals surface area contributed by atoms with Crippen LogP contribution < -0.4 is 0 Å². The zero-order chi connectivity index (χ0) is 16.3. The molecule has 0 aromatic heterocycles. The summed E-state index contributed by atoms with van der Waals surface area (Å²) in [5.41, 5.74) is 0. The van der Waals surface area contributed by atoms with Crippen molar-refractivity contribution in [3.05, 3.63) is 0 Å². The van der Waals surface area contributed by atoms with Gasteiger partial charge >= 0.3 is 141 Å². The van der Waals surface area contributed by atoms with Crippen molar-refractivity contribution in [2.24, 2.45) is 0 Å². The topological polar surface area (TPSA) is 0 Å². The molecule has 20 heavy (non-hydrogen) atoms. The summed E-state index contributed by atoms with van der Waals surface area (Å²) in [7, 11) is 0.199. The fourth-order valence-electron chi connectivity index (χ4n) is 2.44. The third kappa shape index (κ3) is 4.25. The van der Waals surface area contributed by atoms with Crippen molar-refractivity contribution >= 4 is 49.6 Å². The van der Waals surface area contributed by atoms with Crippen LogP contribution in [0.1, 0.15) is 62.3 Å². The number of hydrogen-bond donors (Lipinski definition) is 0. The summed E-state index contributed by atoms with van der Waals surface area (Å²) in [6.07, 6.45) is 0.448. The van der Waals surface area contributed by atoms with Gasteiger partial charge in [0.2, 0.25) is 0 Å². The van der Waals surface area contributed by atoms with Gasteiger partial charge in [-0.25, -0.2) is 0 Å². The van der Waals surface area contributed by atoms with Crippen LogP contribution in [-0.4, -0.2) is 34.4 Å². The van der Waals surface area contributed by atoms with Gasteiger partial charge in [-0.3, -0.25) is 0 Å². The summed E-state index contributed by atoms with van der Waals surface area (Å²) < 4.78 is 0. The van der Waals surface area contributed by atoms with Crippen molar-refractivity contribution in [3.63, 3.8) is 0 Å². The molecule has 6 heteroatoms. The molecule has 1 rings (SSSR count). The van der Waals surface area contributed by atoms with Crippen LogP contribution in [0.4, 0.5) is 0 Å². The quantitative estimate of drug-likeness (QED) is 0.226. The fraction of sp³-hybridized carbons (Fsp3) is 1.00. The van der Waals surface area contributed by atoms with Gasteiger partial charge in [-0.2, -0.15) is 0 Å². The van der Waals surface area contributed by atoms with Gasteiger partial charge in [0, 0.05) is 0 Å². The second kappa shape index (κ2) is 6.01. The summed E-state index contributed by atoms with van der Waals surface area (Å²) in [5.74, 6) is -1.45.